The fourth-order valence-corrected chi connectivity index (χ4v) is 2.16. The van der Waals surface area contributed by atoms with Crippen LogP contribution in [-0.4, -0.2) is 11.0 Å². The molecule has 4 nitrogen and oxygen atoms in total. The maximum Gasteiger partial charge on any atom is 0.170 e. The number of hydrogen-bond acceptors (Lipinski definition) is 3. The molecule has 0 amide bonds. The SMILES string of the molecule is Cc1cc(/C(N)=N/O)ccc1CNc1ccc(Br)c(F)c1. The summed E-state index contributed by atoms with van der Waals surface area (Å²) in [5.74, 6) is -0.230. The van der Waals surface area contributed by atoms with E-state index in [1.165, 1.54) is 6.07 Å². The lowest BCUT2D eigenvalue weighted by Crippen LogP contribution is -2.13. The van der Waals surface area contributed by atoms with Gasteiger partial charge in [-0.1, -0.05) is 17.3 Å². The van der Waals surface area contributed by atoms with Gasteiger partial charge in [0, 0.05) is 17.8 Å². The van der Waals surface area contributed by atoms with Gasteiger partial charge in [0.2, 0.25) is 0 Å². The van der Waals surface area contributed by atoms with Crippen molar-refractivity contribution in [3.05, 3.63) is 63.4 Å². The van der Waals surface area contributed by atoms with Crippen LogP contribution < -0.4 is 11.1 Å². The van der Waals surface area contributed by atoms with Crippen LogP contribution in [-0.2, 0) is 6.54 Å². The van der Waals surface area contributed by atoms with Crippen LogP contribution in [0.2, 0.25) is 0 Å². The zero-order valence-electron chi connectivity index (χ0n) is 11.4. The van der Waals surface area contributed by atoms with Crippen LogP contribution in [0.5, 0.6) is 0 Å². The number of halogens is 2. The fourth-order valence-electron chi connectivity index (χ4n) is 1.91. The van der Waals surface area contributed by atoms with Crippen molar-refractivity contribution in [2.75, 3.05) is 5.32 Å². The molecule has 0 aromatic heterocycles. The highest BCUT2D eigenvalue weighted by atomic mass is 79.9. The van der Waals surface area contributed by atoms with Gasteiger partial charge in [0.15, 0.2) is 5.84 Å². The average Bonchev–Trinajstić information content (AvgIpc) is 2.48. The molecule has 0 aliphatic heterocycles. The number of nitrogens with two attached hydrogens (primary N) is 1. The van der Waals surface area contributed by atoms with Crippen molar-refractivity contribution < 1.29 is 9.60 Å². The smallest absolute Gasteiger partial charge is 0.170 e. The minimum absolute atomic E-state index is 0.0765. The number of aryl methyl sites for hydroxylation is 1. The standard InChI is InChI=1S/C15H15BrFN3O/c1-9-6-10(15(18)20-21)2-3-11(9)8-19-12-4-5-13(16)14(17)7-12/h2-7,19,21H,8H2,1H3,(H2,18,20). The first-order chi connectivity index (χ1) is 10.0. The van der Waals surface area contributed by atoms with Crippen molar-refractivity contribution in [2.45, 2.75) is 13.5 Å². The molecule has 2 rings (SSSR count). The maximum atomic E-state index is 13.4. The van der Waals surface area contributed by atoms with Gasteiger partial charge in [-0.15, -0.1) is 0 Å². The van der Waals surface area contributed by atoms with Crippen LogP contribution >= 0.6 is 15.9 Å². The number of benzene rings is 2. The highest BCUT2D eigenvalue weighted by Crippen LogP contribution is 2.20. The summed E-state index contributed by atoms with van der Waals surface area (Å²) >= 11 is 3.12. The number of hydrogen-bond donors (Lipinski definition) is 3. The second kappa shape index (κ2) is 6.58. The highest BCUT2D eigenvalue weighted by Gasteiger charge is 2.05. The van der Waals surface area contributed by atoms with E-state index in [1.807, 2.05) is 19.1 Å². The summed E-state index contributed by atoms with van der Waals surface area (Å²) in [4.78, 5) is 0. The third-order valence-corrected chi connectivity index (χ3v) is 3.79. The van der Waals surface area contributed by atoms with Crippen LogP contribution in [0.25, 0.3) is 0 Å². The number of rotatable bonds is 4. The molecule has 0 bridgehead atoms. The molecule has 2 aromatic carbocycles. The summed E-state index contributed by atoms with van der Waals surface area (Å²) in [6.07, 6.45) is 0. The van der Waals surface area contributed by atoms with Crippen molar-refractivity contribution in [3.63, 3.8) is 0 Å². The fraction of sp³-hybridized carbons (Fsp3) is 0.133. The molecule has 0 atom stereocenters. The topological polar surface area (TPSA) is 70.6 Å². The van der Waals surface area contributed by atoms with Crippen molar-refractivity contribution in [1.29, 1.82) is 0 Å². The van der Waals surface area contributed by atoms with Crippen LogP contribution in [0, 0.1) is 12.7 Å². The predicted molar refractivity (Wildman–Crippen MR) is 85.1 cm³/mol. The van der Waals surface area contributed by atoms with E-state index < -0.39 is 0 Å². The zero-order chi connectivity index (χ0) is 15.4. The number of anilines is 1. The Bertz CT molecular complexity index is 689. The molecule has 110 valence electrons. The van der Waals surface area contributed by atoms with E-state index in [0.29, 0.717) is 22.3 Å². The summed E-state index contributed by atoms with van der Waals surface area (Å²) in [6.45, 7) is 2.50. The summed E-state index contributed by atoms with van der Waals surface area (Å²) in [5, 5.41) is 14.8. The number of nitrogens with zero attached hydrogens (tertiary/aromatic N) is 1. The Labute approximate surface area is 130 Å². The molecule has 4 N–H and O–H groups in total. The molecule has 2 aromatic rings. The monoisotopic (exact) mass is 351 g/mol. The third kappa shape index (κ3) is 3.72. The Balaban J connectivity index is 2.11. The Morgan fingerprint density at radius 3 is 2.71 bits per heavy atom. The molecule has 0 aliphatic carbocycles. The second-order valence-electron chi connectivity index (χ2n) is 4.61. The first-order valence-electron chi connectivity index (χ1n) is 6.27. The van der Waals surface area contributed by atoms with Gasteiger partial charge in [-0.2, -0.15) is 0 Å². The van der Waals surface area contributed by atoms with Crippen molar-refractivity contribution in [1.82, 2.24) is 0 Å². The molecule has 0 saturated heterocycles. The number of amidine groups is 1. The first-order valence-corrected chi connectivity index (χ1v) is 7.07. The lowest BCUT2D eigenvalue weighted by Gasteiger charge is -2.11. The molecule has 6 heteroatoms. The van der Waals surface area contributed by atoms with Gasteiger partial charge in [0.25, 0.3) is 0 Å². The van der Waals surface area contributed by atoms with E-state index in [-0.39, 0.29) is 11.7 Å². The normalized spacial score (nSPS) is 11.5. The summed E-state index contributed by atoms with van der Waals surface area (Å²) in [5.41, 5.74) is 8.96. The Hall–Kier alpha value is -2.08. The molecule has 0 fully saturated rings. The predicted octanol–water partition coefficient (Wildman–Crippen LogP) is 3.60. The Morgan fingerprint density at radius 1 is 1.33 bits per heavy atom. The third-order valence-electron chi connectivity index (χ3n) is 3.15. The van der Waals surface area contributed by atoms with Gasteiger partial charge in [-0.25, -0.2) is 4.39 Å². The van der Waals surface area contributed by atoms with Crippen molar-refractivity contribution >= 4 is 27.5 Å². The van der Waals surface area contributed by atoms with Crippen molar-refractivity contribution in [2.24, 2.45) is 10.9 Å². The summed E-state index contributed by atoms with van der Waals surface area (Å²) in [6, 6.07) is 10.4. The van der Waals surface area contributed by atoms with Crippen LogP contribution in [0.15, 0.2) is 46.0 Å². The second-order valence-corrected chi connectivity index (χ2v) is 5.46. The largest absolute Gasteiger partial charge is 0.409 e. The molecule has 0 heterocycles. The molecule has 0 spiro atoms. The van der Waals surface area contributed by atoms with Gasteiger partial charge in [0.1, 0.15) is 5.82 Å². The van der Waals surface area contributed by atoms with Gasteiger partial charge in [0.05, 0.1) is 4.47 Å². The van der Waals surface area contributed by atoms with Gasteiger partial charge < -0.3 is 16.3 Å². The van der Waals surface area contributed by atoms with Crippen LogP contribution in [0.3, 0.4) is 0 Å². The molecule has 0 unspecified atom stereocenters. The average molecular weight is 352 g/mol. The Morgan fingerprint density at radius 2 is 2.10 bits per heavy atom. The van der Waals surface area contributed by atoms with E-state index in [2.05, 4.69) is 26.4 Å². The van der Waals surface area contributed by atoms with E-state index in [1.54, 1.807) is 18.2 Å². The van der Waals surface area contributed by atoms with E-state index >= 15 is 0 Å². The van der Waals surface area contributed by atoms with Crippen LogP contribution in [0.1, 0.15) is 16.7 Å². The first kappa shape index (κ1) is 15.3. The molecular weight excluding hydrogens is 337 g/mol. The summed E-state index contributed by atoms with van der Waals surface area (Å²) in [7, 11) is 0. The molecule has 0 saturated carbocycles. The van der Waals surface area contributed by atoms with Gasteiger partial charge in [-0.3, -0.25) is 0 Å². The lowest BCUT2D eigenvalue weighted by atomic mass is 10.0. The molecule has 0 aliphatic rings. The van der Waals surface area contributed by atoms with E-state index in [0.717, 1.165) is 11.1 Å². The van der Waals surface area contributed by atoms with Crippen LogP contribution in [0.4, 0.5) is 10.1 Å². The number of nitrogens with one attached hydrogen (secondary N) is 1. The minimum Gasteiger partial charge on any atom is -0.409 e. The van der Waals surface area contributed by atoms with E-state index in [9.17, 15) is 4.39 Å². The zero-order valence-corrected chi connectivity index (χ0v) is 13.0. The maximum absolute atomic E-state index is 13.4. The van der Waals surface area contributed by atoms with Gasteiger partial charge in [-0.05, 0) is 58.2 Å². The minimum atomic E-state index is -0.306. The quantitative estimate of drug-likeness (QED) is 0.341. The highest BCUT2D eigenvalue weighted by molar-refractivity contribution is 9.10. The van der Waals surface area contributed by atoms with Gasteiger partial charge >= 0.3 is 0 Å². The molecule has 21 heavy (non-hydrogen) atoms. The summed E-state index contributed by atoms with van der Waals surface area (Å²) < 4.78 is 13.9. The Kier molecular flexibility index (Phi) is 4.80. The lowest BCUT2D eigenvalue weighted by molar-refractivity contribution is 0.318. The molecular formula is C15H15BrFN3O. The van der Waals surface area contributed by atoms with E-state index in [4.69, 9.17) is 10.9 Å². The molecule has 0 radical (unpaired) electrons. The number of oxime groups is 1. The van der Waals surface area contributed by atoms with Crippen molar-refractivity contribution in [3.8, 4) is 0 Å².